The summed E-state index contributed by atoms with van der Waals surface area (Å²) >= 11 is 0. The molecule has 0 spiro atoms. The van der Waals surface area contributed by atoms with Crippen molar-refractivity contribution in [1.29, 1.82) is 0 Å². The number of anilines is 1. The van der Waals surface area contributed by atoms with Gasteiger partial charge in [-0.05, 0) is 31.0 Å². The zero-order valence-corrected chi connectivity index (χ0v) is 11.0. The van der Waals surface area contributed by atoms with Gasteiger partial charge in [0.1, 0.15) is 0 Å². The summed E-state index contributed by atoms with van der Waals surface area (Å²) in [6, 6.07) is 10.3. The minimum atomic E-state index is 0.632. The van der Waals surface area contributed by atoms with Gasteiger partial charge in [0.05, 0.1) is 19.0 Å². The Morgan fingerprint density at radius 2 is 2.00 bits per heavy atom. The number of methoxy groups -OCH3 is 1. The van der Waals surface area contributed by atoms with Crippen molar-refractivity contribution in [3.8, 4) is 5.88 Å². The average molecular weight is 242 g/mol. The largest absolute Gasteiger partial charge is 0.481 e. The molecule has 0 fully saturated rings. The smallest absolute Gasteiger partial charge is 0.213 e. The van der Waals surface area contributed by atoms with Crippen LogP contribution in [0, 0.1) is 13.8 Å². The highest BCUT2D eigenvalue weighted by Crippen LogP contribution is 2.15. The lowest BCUT2D eigenvalue weighted by molar-refractivity contribution is 0.398. The highest BCUT2D eigenvalue weighted by Gasteiger charge is 1.99. The summed E-state index contributed by atoms with van der Waals surface area (Å²) in [5, 5.41) is 3.35. The maximum Gasteiger partial charge on any atom is 0.213 e. The lowest BCUT2D eigenvalue weighted by Gasteiger charge is -2.09. The molecule has 0 bridgehead atoms. The van der Waals surface area contributed by atoms with Crippen molar-refractivity contribution in [2.24, 2.45) is 0 Å². The van der Waals surface area contributed by atoms with Crippen LogP contribution in [-0.2, 0) is 6.54 Å². The van der Waals surface area contributed by atoms with E-state index < -0.39 is 0 Å². The topological polar surface area (TPSA) is 34.1 Å². The maximum atomic E-state index is 5.03. The van der Waals surface area contributed by atoms with Crippen molar-refractivity contribution in [3.05, 3.63) is 53.2 Å². The molecule has 0 amide bonds. The first kappa shape index (κ1) is 12.4. The summed E-state index contributed by atoms with van der Waals surface area (Å²) in [6.07, 6.45) is 1.78. The van der Waals surface area contributed by atoms with Crippen LogP contribution in [0.4, 0.5) is 5.69 Å². The summed E-state index contributed by atoms with van der Waals surface area (Å²) in [5.74, 6) is 0.632. The van der Waals surface area contributed by atoms with E-state index in [1.165, 1.54) is 16.7 Å². The number of hydrogen-bond donors (Lipinski definition) is 1. The number of pyridine rings is 1. The molecule has 3 nitrogen and oxygen atoms in total. The van der Waals surface area contributed by atoms with E-state index in [9.17, 15) is 0 Å². The number of nitrogens with zero attached hydrogens (tertiary/aromatic N) is 1. The van der Waals surface area contributed by atoms with E-state index in [4.69, 9.17) is 4.74 Å². The van der Waals surface area contributed by atoms with E-state index in [2.05, 4.69) is 42.3 Å². The molecule has 0 unspecified atom stereocenters. The van der Waals surface area contributed by atoms with Gasteiger partial charge >= 0.3 is 0 Å². The Morgan fingerprint density at radius 1 is 1.17 bits per heavy atom. The molecule has 1 heterocycles. The molecule has 0 aliphatic rings. The van der Waals surface area contributed by atoms with Crippen LogP contribution in [0.3, 0.4) is 0 Å². The third-order valence-corrected chi connectivity index (χ3v) is 2.93. The highest BCUT2D eigenvalue weighted by molar-refractivity contribution is 5.43. The molecule has 0 radical (unpaired) electrons. The minimum Gasteiger partial charge on any atom is -0.481 e. The summed E-state index contributed by atoms with van der Waals surface area (Å²) < 4.78 is 5.03. The zero-order valence-electron chi connectivity index (χ0n) is 11.0. The molecule has 0 atom stereocenters. The second kappa shape index (κ2) is 5.54. The summed E-state index contributed by atoms with van der Waals surface area (Å²) in [6.45, 7) is 5.05. The molecule has 1 aromatic heterocycles. The van der Waals surface area contributed by atoms with Gasteiger partial charge in [-0.3, -0.25) is 0 Å². The number of hydrogen-bond acceptors (Lipinski definition) is 3. The first-order valence-electron chi connectivity index (χ1n) is 5.99. The van der Waals surface area contributed by atoms with Crippen LogP contribution in [0.5, 0.6) is 5.88 Å². The number of aromatic nitrogens is 1. The van der Waals surface area contributed by atoms with Crippen LogP contribution in [0.25, 0.3) is 0 Å². The van der Waals surface area contributed by atoms with Crippen molar-refractivity contribution >= 4 is 5.69 Å². The van der Waals surface area contributed by atoms with E-state index in [-0.39, 0.29) is 0 Å². The van der Waals surface area contributed by atoms with Gasteiger partial charge in [-0.25, -0.2) is 4.98 Å². The fourth-order valence-electron chi connectivity index (χ4n) is 1.85. The van der Waals surface area contributed by atoms with Crippen LogP contribution in [0.2, 0.25) is 0 Å². The van der Waals surface area contributed by atoms with Crippen molar-refractivity contribution in [2.45, 2.75) is 20.4 Å². The van der Waals surface area contributed by atoms with E-state index >= 15 is 0 Å². The van der Waals surface area contributed by atoms with Gasteiger partial charge in [0.25, 0.3) is 0 Å². The number of nitrogens with one attached hydrogen (secondary N) is 1. The third kappa shape index (κ3) is 3.00. The Bertz CT molecular complexity index is 521. The number of benzene rings is 1. The third-order valence-electron chi connectivity index (χ3n) is 2.93. The molecule has 0 aliphatic heterocycles. The first-order valence-corrected chi connectivity index (χ1v) is 5.99. The van der Waals surface area contributed by atoms with E-state index in [1.54, 1.807) is 13.3 Å². The van der Waals surface area contributed by atoms with Crippen LogP contribution in [-0.4, -0.2) is 12.1 Å². The molecule has 2 aromatic rings. The van der Waals surface area contributed by atoms with E-state index in [1.807, 2.05) is 12.1 Å². The van der Waals surface area contributed by atoms with Crippen molar-refractivity contribution in [1.82, 2.24) is 4.98 Å². The Labute approximate surface area is 108 Å². The molecular formula is C15H18N2O. The number of aryl methyl sites for hydroxylation is 2. The summed E-state index contributed by atoms with van der Waals surface area (Å²) in [4.78, 5) is 4.16. The van der Waals surface area contributed by atoms with Gasteiger partial charge in [-0.15, -0.1) is 0 Å². The highest BCUT2D eigenvalue weighted by atomic mass is 16.5. The standard InChI is InChI=1S/C15H18N2O/c1-11-4-5-13(12(2)8-11)9-16-14-6-7-15(18-3)17-10-14/h4-8,10,16H,9H2,1-3H3. The van der Waals surface area contributed by atoms with Crippen LogP contribution < -0.4 is 10.1 Å². The molecule has 1 aromatic carbocycles. The Kier molecular flexibility index (Phi) is 3.82. The number of rotatable bonds is 4. The van der Waals surface area contributed by atoms with Gasteiger partial charge in [0, 0.05) is 12.6 Å². The molecule has 0 saturated heterocycles. The Hall–Kier alpha value is -2.03. The van der Waals surface area contributed by atoms with Crippen molar-refractivity contribution in [3.63, 3.8) is 0 Å². The fourth-order valence-corrected chi connectivity index (χ4v) is 1.85. The van der Waals surface area contributed by atoms with Gasteiger partial charge < -0.3 is 10.1 Å². The monoisotopic (exact) mass is 242 g/mol. The minimum absolute atomic E-state index is 0.632. The molecule has 0 saturated carbocycles. The van der Waals surface area contributed by atoms with Crippen LogP contribution >= 0.6 is 0 Å². The Balaban J connectivity index is 2.02. The predicted octanol–water partition coefficient (Wildman–Crippen LogP) is 3.32. The van der Waals surface area contributed by atoms with Gasteiger partial charge in [-0.1, -0.05) is 23.8 Å². The molecule has 0 aliphatic carbocycles. The first-order chi connectivity index (χ1) is 8.69. The zero-order chi connectivity index (χ0) is 13.0. The van der Waals surface area contributed by atoms with Crippen molar-refractivity contribution < 1.29 is 4.74 Å². The molecule has 18 heavy (non-hydrogen) atoms. The SMILES string of the molecule is COc1ccc(NCc2ccc(C)cc2C)cn1. The molecule has 1 N–H and O–H groups in total. The molecule has 3 heteroatoms. The van der Waals surface area contributed by atoms with E-state index in [0.717, 1.165) is 12.2 Å². The number of ether oxygens (including phenoxy) is 1. The second-order valence-electron chi connectivity index (χ2n) is 4.37. The molecule has 94 valence electrons. The molecular weight excluding hydrogens is 224 g/mol. The predicted molar refractivity (Wildman–Crippen MR) is 74.0 cm³/mol. The molecule has 2 rings (SSSR count). The average Bonchev–Trinajstić information content (AvgIpc) is 2.38. The van der Waals surface area contributed by atoms with Gasteiger partial charge in [-0.2, -0.15) is 0 Å². The van der Waals surface area contributed by atoms with Crippen LogP contribution in [0.1, 0.15) is 16.7 Å². The fraction of sp³-hybridized carbons (Fsp3) is 0.267. The Morgan fingerprint density at radius 3 is 2.61 bits per heavy atom. The maximum absolute atomic E-state index is 5.03. The van der Waals surface area contributed by atoms with Gasteiger partial charge in [0.2, 0.25) is 5.88 Å². The summed E-state index contributed by atoms with van der Waals surface area (Å²) in [5.41, 5.74) is 4.90. The van der Waals surface area contributed by atoms with Crippen LogP contribution in [0.15, 0.2) is 36.5 Å². The summed E-state index contributed by atoms with van der Waals surface area (Å²) in [7, 11) is 1.62. The second-order valence-corrected chi connectivity index (χ2v) is 4.37. The lowest BCUT2D eigenvalue weighted by Crippen LogP contribution is -2.02. The quantitative estimate of drug-likeness (QED) is 0.893. The van der Waals surface area contributed by atoms with Gasteiger partial charge in [0.15, 0.2) is 0 Å². The van der Waals surface area contributed by atoms with Crippen molar-refractivity contribution in [2.75, 3.05) is 12.4 Å². The normalized spacial score (nSPS) is 10.2. The van der Waals surface area contributed by atoms with E-state index in [0.29, 0.717) is 5.88 Å². The lowest BCUT2D eigenvalue weighted by atomic mass is 10.1.